The maximum absolute atomic E-state index is 13.4. The molecule has 0 saturated carbocycles. The normalized spacial score (nSPS) is 16.7. The van der Waals surface area contributed by atoms with Crippen molar-refractivity contribution in [2.75, 3.05) is 37.6 Å². The molecule has 0 atom stereocenters. The van der Waals surface area contributed by atoms with E-state index in [1.807, 2.05) is 39.0 Å². The smallest absolute Gasteiger partial charge is 0.410 e. The number of benzene rings is 1. The molecular formula is C25H35N5O3. The summed E-state index contributed by atoms with van der Waals surface area (Å²) in [6.45, 7) is 13.7. The minimum atomic E-state index is -0.515. The van der Waals surface area contributed by atoms with Gasteiger partial charge in [-0.2, -0.15) is 4.98 Å². The van der Waals surface area contributed by atoms with Crippen LogP contribution in [0.2, 0.25) is 0 Å². The molecule has 1 saturated heterocycles. The summed E-state index contributed by atoms with van der Waals surface area (Å²) in [6.07, 6.45) is 0.524. The van der Waals surface area contributed by atoms with E-state index in [1.165, 1.54) is 0 Å². The van der Waals surface area contributed by atoms with Gasteiger partial charge in [0.25, 0.3) is 0 Å². The molecule has 178 valence electrons. The quantitative estimate of drug-likeness (QED) is 0.770. The van der Waals surface area contributed by atoms with Gasteiger partial charge in [-0.1, -0.05) is 32.0 Å². The molecule has 2 aliphatic heterocycles. The number of hydrogen-bond acceptors (Lipinski definition) is 6. The van der Waals surface area contributed by atoms with Crippen LogP contribution in [-0.4, -0.2) is 58.9 Å². The lowest BCUT2D eigenvalue weighted by atomic mass is 9.99. The lowest BCUT2D eigenvalue weighted by molar-refractivity contribution is 0.0240. The average molecular weight is 454 g/mol. The molecule has 0 spiro atoms. The predicted octanol–water partition coefficient (Wildman–Crippen LogP) is 3.06. The summed E-state index contributed by atoms with van der Waals surface area (Å²) in [4.78, 5) is 34.3. The number of piperazine rings is 1. The maximum Gasteiger partial charge on any atom is 0.410 e. The molecule has 1 aromatic heterocycles. The molecule has 1 amide bonds. The molecule has 1 aromatic carbocycles. The Bertz CT molecular complexity index is 1080. The second-order valence-corrected chi connectivity index (χ2v) is 10.1. The number of para-hydroxylation sites is 1. The number of amides is 1. The summed E-state index contributed by atoms with van der Waals surface area (Å²) < 4.78 is 7.30. The van der Waals surface area contributed by atoms with E-state index in [-0.39, 0.29) is 11.8 Å². The Labute approximate surface area is 195 Å². The number of ether oxygens (including phenoxy) is 1. The topological polar surface area (TPSA) is 79.7 Å². The van der Waals surface area contributed by atoms with Crippen LogP contribution in [0.4, 0.5) is 10.6 Å². The third kappa shape index (κ3) is 4.90. The molecule has 1 fully saturated rings. The van der Waals surface area contributed by atoms with Crippen molar-refractivity contribution in [3.63, 3.8) is 0 Å². The van der Waals surface area contributed by atoms with Gasteiger partial charge < -0.3 is 19.9 Å². The van der Waals surface area contributed by atoms with Gasteiger partial charge in [-0.15, -0.1) is 0 Å². The molecule has 4 rings (SSSR count). The third-order valence-electron chi connectivity index (χ3n) is 6.16. The van der Waals surface area contributed by atoms with Gasteiger partial charge in [-0.25, -0.2) is 9.59 Å². The standard InChI is InChI=1S/C25H35N5O3/c1-17(2)18-8-6-7-9-20(18)30-21-16-26-11-10-19(21)22(27-23(30)31)28-12-14-29(15-13-28)24(32)33-25(3,4)5/h6-9,17,26H,10-16H2,1-5H3. The molecular weight excluding hydrogens is 418 g/mol. The number of hydrogen-bond donors (Lipinski definition) is 1. The van der Waals surface area contributed by atoms with Crippen LogP contribution >= 0.6 is 0 Å². The van der Waals surface area contributed by atoms with Gasteiger partial charge in [0, 0.05) is 44.0 Å². The van der Waals surface area contributed by atoms with E-state index in [9.17, 15) is 9.59 Å². The number of rotatable bonds is 3. The molecule has 3 heterocycles. The van der Waals surface area contributed by atoms with Crippen LogP contribution in [0.5, 0.6) is 0 Å². The van der Waals surface area contributed by atoms with E-state index in [1.54, 1.807) is 9.47 Å². The lowest BCUT2D eigenvalue weighted by Crippen LogP contribution is -2.51. The Hall–Kier alpha value is -2.87. The Morgan fingerprint density at radius 3 is 2.48 bits per heavy atom. The molecule has 1 N–H and O–H groups in total. The van der Waals surface area contributed by atoms with Crippen molar-refractivity contribution in [3.8, 4) is 5.69 Å². The van der Waals surface area contributed by atoms with Gasteiger partial charge in [-0.3, -0.25) is 4.57 Å². The SMILES string of the molecule is CC(C)c1ccccc1-n1c2c(c(N3CCN(C(=O)OC(C)(C)C)CC3)nc1=O)CCNC2. The first-order valence-electron chi connectivity index (χ1n) is 11.8. The monoisotopic (exact) mass is 453 g/mol. The Morgan fingerprint density at radius 2 is 1.82 bits per heavy atom. The fourth-order valence-electron chi connectivity index (χ4n) is 4.57. The number of aromatic nitrogens is 2. The summed E-state index contributed by atoms with van der Waals surface area (Å²) in [5.41, 5.74) is 3.38. The average Bonchev–Trinajstić information content (AvgIpc) is 2.77. The molecule has 8 heteroatoms. The first-order chi connectivity index (χ1) is 15.7. The van der Waals surface area contributed by atoms with Crippen LogP contribution in [-0.2, 0) is 17.7 Å². The molecule has 0 aliphatic carbocycles. The summed E-state index contributed by atoms with van der Waals surface area (Å²) in [5, 5.41) is 3.43. The largest absolute Gasteiger partial charge is 0.444 e. The highest BCUT2D eigenvalue weighted by Crippen LogP contribution is 2.29. The van der Waals surface area contributed by atoms with E-state index >= 15 is 0 Å². The van der Waals surface area contributed by atoms with E-state index in [0.29, 0.717) is 38.6 Å². The summed E-state index contributed by atoms with van der Waals surface area (Å²) >= 11 is 0. The highest BCUT2D eigenvalue weighted by Gasteiger charge is 2.30. The Kier molecular flexibility index (Phi) is 6.47. The highest BCUT2D eigenvalue weighted by molar-refractivity contribution is 5.68. The predicted molar refractivity (Wildman–Crippen MR) is 129 cm³/mol. The maximum atomic E-state index is 13.4. The fourth-order valence-corrected chi connectivity index (χ4v) is 4.57. The fraction of sp³-hybridized carbons (Fsp3) is 0.560. The van der Waals surface area contributed by atoms with Crippen LogP contribution < -0.4 is 15.9 Å². The van der Waals surface area contributed by atoms with Gasteiger partial charge in [0.1, 0.15) is 11.4 Å². The molecule has 0 radical (unpaired) electrons. The molecule has 2 aliphatic rings. The van der Waals surface area contributed by atoms with Gasteiger partial charge in [-0.05, 0) is 51.3 Å². The van der Waals surface area contributed by atoms with E-state index in [4.69, 9.17) is 4.74 Å². The first-order valence-corrected chi connectivity index (χ1v) is 11.8. The van der Waals surface area contributed by atoms with Gasteiger partial charge in [0.05, 0.1) is 5.69 Å². The third-order valence-corrected chi connectivity index (χ3v) is 6.16. The van der Waals surface area contributed by atoms with Crippen LogP contribution in [0.3, 0.4) is 0 Å². The van der Waals surface area contributed by atoms with Gasteiger partial charge >= 0.3 is 11.8 Å². The molecule has 2 aromatic rings. The molecule has 0 bridgehead atoms. The molecule has 0 unspecified atom stereocenters. The van der Waals surface area contributed by atoms with Crippen LogP contribution in [0.15, 0.2) is 29.1 Å². The van der Waals surface area contributed by atoms with E-state index < -0.39 is 5.60 Å². The second kappa shape index (κ2) is 9.17. The number of anilines is 1. The zero-order valence-corrected chi connectivity index (χ0v) is 20.4. The minimum Gasteiger partial charge on any atom is -0.444 e. The lowest BCUT2D eigenvalue weighted by Gasteiger charge is -2.37. The summed E-state index contributed by atoms with van der Waals surface area (Å²) in [7, 11) is 0. The van der Waals surface area contributed by atoms with Crippen molar-refractivity contribution in [2.45, 2.75) is 59.1 Å². The van der Waals surface area contributed by atoms with Crippen molar-refractivity contribution in [3.05, 3.63) is 51.6 Å². The summed E-state index contributed by atoms with van der Waals surface area (Å²) in [5.74, 6) is 1.06. The Morgan fingerprint density at radius 1 is 1.12 bits per heavy atom. The van der Waals surface area contributed by atoms with Gasteiger partial charge in [0.2, 0.25) is 0 Å². The molecule has 8 nitrogen and oxygen atoms in total. The Balaban J connectivity index is 1.66. The van der Waals surface area contributed by atoms with Crippen LogP contribution in [0.25, 0.3) is 5.69 Å². The van der Waals surface area contributed by atoms with E-state index in [2.05, 4.69) is 35.1 Å². The zero-order chi connectivity index (χ0) is 23.8. The minimum absolute atomic E-state index is 0.255. The molecule has 33 heavy (non-hydrogen) atoms. The summed E-state index contributed by atoms with van der Waals surface area (Å²) in [6, 6.07) is 8.08. The van der Waals surface area contributed by atoms with Gasteiger partial charge in [0.15, 0.2) is 0 Å². The van der Waals surface area contributed by atoms with Crippen LogP contribution in [0.1, 0.15) is 57.4 Å². The van der Waals surface area contributed by atoms with Crippen molar-refractivity contribution in [1.82, 2.24) is 19.8 Å². The second-order valence-electron chi connectivity index (χ2n) is 10.1. The van der Waals surface area contributed by atoms with Crippen molar-refractivity contribution in [1.29, 1.82) is 0 Å². The number of nitrogens with one attached hydrogen (secondary N) is 1. The van der Waals surface area contributed by atoms with Crippen LogP contribution in [0, 0.1) is 0 Å². The first kappa shape index (κ1) is 23.3. The van der Waals surface area contributed by atoms with Crippen molar-refractivity contribution < 1.29 is 9.53 Å². The van der Waals surface area contributed by atoms with Crippen molar-refractivity contribution in [2.24, 2.45) is 0 Å². The zero-order valence-electron chi connectivity index (χ0n) is 20.4. The highest BCUT2D eigenvalue weighted by atomic mass is 16.6. The number of nitrogens with zero attached hydrogens (tertiary/aromatic N) is 4. The number of carbonyl (C=O) groups excluding carboxylic acids is 1. The van der Waals surface area contributed by atoms with E-state index in [0.717, 1.165) is 41.3 Å². The number of fused-ring (bicyclic) bond motifs is 1. The van der Waals surface area contributed by atoms with Crippen molar-refractivity contribution >= 4 is 11.9 Å². The number of carbonyl (C=O) groups is 1.